The number of hydrogen-bond donors (Lipinski definition) is 2. The summed E-state index contributed by atoms with van der Waals surface area (Å²) < 4.78 is 0. The molecule has 0 saturated carbocycles. The Hall–Kier alpha value is -1.43. The van der Waals surface area contributed by atoms with Gasteiger partial charge in [0.05, 0.1) is 6.04 Å². The summed E-state index contributed by atoms with van der Waals surface area (Å²) in [5.41, 5.74) is 0. The zero-order valence-electron chi connectivity index (χ0n) is 7.06. The number of aromatic amines is 1. The van der Waals surface area contributed by atoms with Gasteiger partial charge in [0.1, 0.15) is 12.2 Å². The predicted octanol–water partition coefficient (Wildman–Crippen LogP) is 1.43. The summed E-state index contributed by atoms with van der Waals surface area (Å²) in [6.45, 7) is 2.00. The summed E-state index contributed by atoms with van der Waals surface area (Å²) in [5, 5.41) is 12.6. The Balaban J connectivity index is 2.04. The van der Waals surface area contributed by atoms with Crippen molar-refractivity contribution < 1.29 is 0 Å². The van der Waals surface area contributed by atoms with E-state index in [2.05, 4.69) is 25.5 Å². The molecule has 0 spiro atoms. The number of nitrogens with one attached hydrogen (secondary N) is 2. The average molecular weight is 195 g/mol. The molecular formula is C7H9N5S. The van der Waals surface area contributed by atoms with Crippen molar-refractivity contribution in [3.63, 3.8) is 0 Å². The number of aromatic nitrogens is 4. The first-order chi connectivity index (χ1) is 6.36. The van der Waals surface area contributed by atoms with E-state index in [-0.39, 0.29) is 6.04 Å². The van der Waals surface area contributed by atoms with Crippen molar-refractivity contribution in [2.75, 3.05) is 5.32 Å². The van der Waals surface area contributed by atoms with E-state index >= 15 is 0 Å². The van der Waals surface area contributed by atoms with Crippen LogP contribution in [0.2, 0.25) is 0 Å². The van der Waals surface area contributed by atoms with E-state index < -0.39 is 0 Å². The number of rotatable bonds is 3. The Morgan fingerprint density at radius 3 is 3.08 bits per heavy atom. The van der Waals surface area contributed by atoms with Crippen LogP contribution in [0, 0.1) is 0 Å². The number of thiazole rings is 1. The SMILES string of the molecule is CC(Nc1nccs1)c1ncn[nH]1. The molecule has 0 amide bonds. The maximum atomic E-state index is 4.11. The lowest BCUT2D eigenvalue weighted by Gasteiger charge is -2.08. The van der Waals surface area contributed by atoms with Crippen LogP contribution in [0.15, 0.2) is 17.9 Å². The fourth-order valence-corrected chi connectivity index (χ4v) is 1.59. The van der Waals surface area contributed by atoms with Crippen LogP contribution in [0.1, 0.15) is 18.8 Å². The zero-order valence-corrected chi connectivity index (χ0v) is 7.88. The smallest absolute Gasteiger partial charge is 0.183 e. The molecule has 1 atom stereocenters. The van der Waals surface area contributed by atoms with Gasteiger partial charge in [-0.15, -0.1) is 11.3 Å². The number of H-pyrrole nitrogens is 1. The molecule has 13 heavy (non-hydrogen) atoms. The highest BCUT2D eigenvalue weighted by Gasteiger charge is 2.08. The predicted molar refractivity (Wildman–Crippen MR) is 50.5 cm³/mol. The molecule has 0 aliphatic rings. The van der Waals surface area contributed by atoms with Crippen molar-refractivity contribution in [1.82, 2.24) is 20.2 Å². The Kier molecular flexibility index (Phi) is 2.22. The van der Waals surface area contributed by atoms with E-state index in [1.54, 1.807) is 17.5 Å². The second kappa shape index (κ2) is 3.53. The van der Waals surface area contributed by atoms with Crippen LogP contribution in [0.3, 0.4) is 0 Å². The van der Waals surface area contributed by atoms with Crippen LogP contribution in [-0.2, 0) is 0 Å². The van der Waals surface area contributed by atoms with Crippen molar-refractivity contribution in [1.29, 1.82) is 0 Å². The van der Waals surface area contributed by atoms with E-state index in [0.717, 1.165) is 11.0 Å². The van der Waals surface area contributed by atoms with Crippen LogP contribution in [0.4, 0.5) is 5.13 Å². The zero-order chi connectivity index (χ0) is 9.10. The Morgan fingerprint density at radius 2 is 2.46 bits per heavy atom. The molecule has 0 bridgehead atoms. The topological polar surface area (TPSA) is 66.5 Å². The van der Waals surface area contributed by atoms with Crippen LogP contribution in [0.5, 0.6) is 0 Å². The molecule has 2 rings (SSSR count). The van der Waals surface area contributed by atoms with Gasteiger partial charge in [-0.3, -0.25) is 5.10 Å². The minimum absolute atomic E-state index is 0.105. The molecule has 0 aliphatic heterocycles. The standard InChI is InChI=1S/C7H9N5S/c1-5(6-9-4-10-12-6)11-7-8-2-3-13-7/h2-5H,1H3,(H,8,11)(H,9,10,12). The lowest BCUT2D eigenvalue weighted by Crippen LogP contribution is -2.07. The summed E-state index contributed by atoms with van der Waals surface area (Å²) in [6, 6.07) is 0.105. The molecule has 6 heteroatoms. The van der Waals surface area contributed by atoms with Crippen LogP contribution in [0.25, 0.3) is 0 Å². The molecule has 0 radical (unpaired) electrons. The second-order valence-electron chi connectivity index (χ2n) is 2.57. The van der Waals surface area contributed by atoms with Gasteiger partial charge in [0.2, 0.25) is 0 Å². The summed E-state index contributed by atoms with van der Waals surface area (Å²) in [6.07, 6.45) is 3.26. The molecule has 2 N–H and O–H groups in total. The quantitative estimate of drug-likeness (QED) is 0.777. The Labute approximate surface area is 79.2 Å². The van der Waals surface area contributed by atoms with E-state index in [1.807, 2.05) is 12.3 Å². The number of hydrogen-bond acceptors (Lipinski definition) is 5. The van der Waals surface area contributed by atoms with Crippen LogP contribution in [-0.4, -0.2) is 20.2 Å². The van der Waals surface area contributed by atoms with E-state index in [4.69, 9.17) is 0 Å². The summed E-state index contributed by atoms with van der Waals surface area (Å²) in [7, 11) is 0. The second-order valence-corrected chi connectivity index (χ2v) is 3.47. The van der Waals surface area contributed by atoms with E-state index in [0.29, 0.717) is 0 Å². The van der Waals surface area contributed by atoms with Crippen molar-refractivity contribution in [2.45, 2.75) is 13.0 Å². The van der Waals surface area contributed by atoms with Gasteiger partial charge in [0.15, 0.2) is 5.13 Å². The molecule has 5 nitrogen and oxygen atoms in total. The lowest BCUT2D eigenvalue weighted by molar-refractivity contribution is 0.794. The summed E-state index contributed by atoms with van der Waals surface area (Å²) in [4.78, 5) is 8.16. The van der Waals surface area contributed by atoms with Gasteiger partial charge in [-0.1, -0.05) is 0 Å². The fraction of sp³-hybridized carbons (Fsp3) is 0.286. The molecule has 2 aromatic heterocycles. The third-order valence-electron chi connectivity index (χ3n) is 1.62. The first-order valence-corrected chi connectivity index (χ1v) is 4.75. The van der Waals surface area contributed by atoms with E-state index in [9.17, 15) is 0 Å². The first kappa shape index (κ1) is 8.18. The molecular weight excluding hydrogens is 186 g/mol. The van der Waals surface area contributed by atoms with Gasteiger partial charge in [0, 0.05) is 11.6 Å². The van der Waals surface area contributed by atoms with Gasteiger partial charge in [-0.05, 0) is 6.92 Å². The third kappa shape index (κ3) is 1.83. The number of nitrogens with zero attached hydrogens (tertiary/aromatic N) is 3. The normalized spacial score (nSPS) is 12.7. The summed E-state index contributed by atoms with van der Waals surface area (Å²) in [5.74, 6) is 0.815. The lowest BCUT2D eigenvalue weighted by atomic mass is 10.3. The largest absolute Gasteiger partial charge is 0.352 e. The van der Waals surface area contributed by atoms with Gasteiger partial charge in [-0.2, -0.15) is 5.10 Å². The molecule has 1 unspecified atom stereocenters. The first-order valence-electron chi connectivity index (χ1n) is 3.87. The monoisotopic (exact) mass is 195 g/mol. The number of anilines is 1. The molecule has 0 aliphatic carbocycles. The van der Waals surface area contributed by atoms with Gasteiger partial charge < -0.3 is 5.32 Å². The summed E-state index contributed by atoms with van der Waals surface area (Å²) >= 11 is 1.56. The Bertz CT molecular complexity index is 341. The Morgan fingerprint density at radius 1 is 1.54 bits per heavy atom. The highest BCUT2D eigenvalue weighted by atomic mass is 32.1. The highest BCUT2D eigenvalue weighted by molar-refractivity contribution is 7.13. The minimum atomic E-state index is 0.105. The van der Waals surface area contributed by atoms with Gasteiger partial charge in [0.25, 0.3) is 0 Å². The van der Waals surface area contributed by atoms with Gasteiger partial charge >= 0.3 is 0 Å². The van der Waals surface area contributed by atoms with Crippen LogP contribution < -0.4 is 5.32 Å². The van der Waals surface area contributed by atoms with E-state index in [1.165, 1.54) is 6.33 Å². The molecule has 2 aromatic rings. The van der Waals surface area contributed by atoms with Crippen molar-refractivity contribution in [3.8, 4) is 0 Å². The maximum Gasteiger partial charge on any atom is 0.183 e. The molecule has 0 saturated heterocycles. The molecule has 2 heterocycles. The third-order valence-corrected chi connectivity index (χ3v) is 2.32. The van der Waals surface area contributed by atoms with Crippen molar-refractivity contribution in [3.05, 3.63) is 23.7 Å². The molecule has 0 fully saturated rings. The molecule has 68 valence electrons. The molecule has 0 aromatic carbocycles. The van der Waals surface area contributed by atoms with Crippen molar-refractivity contribution in [2.24, 2.45) is 0 Å². The van der Waals surface area contributed by atoms with Crippen LogP contribution >= 0.6 is 11.3 Å². The minimum Gasteiger partial charge on any atom is -0.352 e. The van der Waals surface area contributed by atoms with Crippen molar-refractivity contribution >= 4 is 16.5 Å². The fourth-order valence-electron chi connectivity index (χ4n) is 0.972. The maximum absolute atomic E-state index is 4.11. The van der Waals surface area contributed by atoms with Gasteiger partial charge in [-0.25, -0.2) is 9.97 Å². The highest BCUT2D eigenvalue weighted by Crippen LogP contribution is 2.17. The average Bonchev–Trinajstić information content (AvgIpc) is 2.74.